The van der Waals surface area contributed by atoms with Gasteiger partial charge in [-0.2, -0.15) is 10.1 Å². The van der Waals surface area contributed by atoms with Crippen molar-refractivity contribution in [3.05, 3.63) is 52.8 Å². The number of alkyl halides is 2. The van der Waals surface area contributed by atoms with E-state index in [-0.39, 0.29) is 5.75 Å². The molecule has 6 atom stereocenters. The molecule has 222 valence electrons. The number of benzene rings is 1. The van der Waals surface area contributed by atoms with Crippen LogP contribution in [0.1, 0.15) is 40.8 Å². The van der Waals surface area contributed by atoms with E-state index in [4.69, 9.17) is 24.3 Å². The van der Waals surface area contributed by atoms with E-state index in [0.29, 0.717) is 10.8 Å². The molecule has 1 unspecified atom stereocenters. The minimum atomic E-state index is -4.58. The van der Waals surface area contributed by atoms with E-state index in [2.05, 4.69) is 10.1 Å². The zero-order chi connectivity index (χ0) is 30.0. The van der Waals surface area contributed by atoms with Crippen LogP contribution >= 0.6 is 7.75 Å². The van der Waals surface area contributed by atoms with Crippen LogP contribution in [0.5, 0.6) is 5.75 Å². The summed E-state index contributed by atoms with van der Waals surface area (Å²) < 4.78 is 80.3. The Labute approximate surface area is 228 Å². The number of aliphatic hydroxyl groups is 1. The van der Waals surface area contributed by atoms with Crippen molar-refractivity contribution in [3.63, 3.8) is 0 Å². The number of aliphatic hydroxyl groups excluding tert-OH is 1. The molecule has 4 N–H and O–H groups in total. The van der Waals surface area contributed by atoms with Crippen molar-refractivity contribution in [1.29, 1.82) is 0 Å². The van der Waals surface area contributed by atoms with Gasteiger partial charge < -0.3 is 24.8 Å². The van der Waals surface area contributed by atoms with Gasteiger partial charge in [0.2, 0.25) is 5.67 Å². The maximum atomic E-state index is 15.9. The fraction of sp³-hybridized carbons (Fsp3) is 0.542. The van der Waals surface area contributed by atoms with E-state index >= 15 is 4.39 Å². The zero-order valence-electron chi connectivity index (χ0n) is 22.4. The lowest BCUT2D eigenvalue weighted by Gasteiger charge is -2.36. The van der Waals surface area contributed by atoms with Crippen molar-refractivity contribution in [1.82, 2.24) is 14.6 Å². The number of para-hydroxylation sites is 1. The SMILES string of the molecule is CC(C)OC(=O)[C@H](C)N[P@](=O)(Oc1ccccc1)OC(C)(C)[C@H]1O[C@@H](n2cc(F)c(N)nc2=O)[C@@](F)(CF)C1O. The molecule has 1 aromatic heterocycles. The second kappa shape index (κ2) is 11.9. The summed E-state index contributed by atoms with van der Waals surface area (Å²) in [7, 11) is -4.58. The first-order valence-electron chi connectivity index (χ1n) is 12.2. The molecule has 1 aromatic carbocycles. The number of esters is 1. The van der Waals surface area contributed by atoms with Crippen molar-refractivity contribution in [2.24, 2.45) is 0 Å². The number of anilines is 1. The number of nitrogens with one attached hydrogen (secondary N) is 1. The molecule has 0 saturated carbocycles. The normalized spacial score (nSPS) is 25.4. The number of ether oxygens (including phenoxy) is 2. The Morgan fingerprint density at radius 2 is 1.95 bits per heavy atom. The third-order valence-electron chi connectivity index (χ3n) is 5.92. The number of carbonyl (C=O) groups is 1. The Hall–Kier alpha value is -2.97. The molecule has 0 radical (unpaired) electrons. The van der Waals surface area contributed by atoms with Gasteiger partial charge in [0.1, 0.15) is 36.3 Å². The van der Waals surface area contributed by atoms with Crippen LogP contribution in [0.2, 0.25) is 0 Å². The van der Waals surface area contributed by atoms with Crippen LogP contribution in [0.15, 0.2) is 41.3 Å². The Morgan fingerprint density at radius 3 is 2.52 bits per heavy atom. The second-order valence-corrected chi connectivity index (χ2v) is 11.6. The van der Waals surface area contributed by atoms with Crippen LogP contribution in [0.3, 0.4) is 0 Å². The summed E-state index contributed by atoms with van der Waals surface area (Å²) in [6.45, 7) is 5.16. The van der Waals surface area contributed by atoms with Gasteiger partial charge in [-0.05, 0) is 46.8 Å². The fourth-order valence-electron chi connectivity index (χ4n) is 4.01. The van der Waals surface area contributed by atoms with E-state index < -0.39 is 79.6 Å². The summed E-state index contributed by atoms with van der Waals surface area (Å²) in [6, 6.07) is 6.48. The Bertz CT molecular complexity index is 1310. The topological polar surface area (TPSA) is 164 Å². The quantitative estimate of drug-likeness (QED) is 0.260. The number of nitrogen functional groups attached to an aromatic ring is 1. The number of hydrogen-bond donors (Lipinski definition) is 3. The minimum Gasteiger partial charge on any atom is -0.462 e. The monoisotopic (exact) mass is 592 g/mol. The van der Waals surface area contributed by atoms with Crippen LogP contribution < -0.4 is 21.0 Å². The molecule has 1 aliphatic heterocycles. The average Bonchev–Trinajstić information content (AvgIpc) is 3.12. The fourth-order valence-corrected chi connectivity index (χ4v) is 5.86. The van der Waals surface area contributed by atoms with Gasteiger partial charge in [-0.1, -0.05) is 18.2 Å². The number of carbonyl (C=O) groups excluding carboxylic acids is 1. The molecule has 0 aliphatic carbocycles. The van der Waals surface area contributed by atoms with Gasteiger partial charge in [0, 0.05) is 0 Å². The molecular formula is C24H32F3N4O8P. The van der Waals surface area contributed by atoms with E-state index in [1.807, 2.05) is 0 Å². The predicted octanol–water partition coefficient (Wildman–Crippen LogP) is 2.81. The van der Waals surface area contributed by atoms with Gasteiger partial charge in [-0.15, -0.1) is 0 Å². The molecule has 2 aromatic rings. The standard InChI is InChI=1S/C24H32F3N4O8P/c1-13(2)36-20(33)14(3)30-40(35,38-15-9-7-6-8-10-15)39-23(4,5)18-17(32)24(27,12-25)21(37-18)31-11-16(26)19(28)29-22(31)34/h6-11,13-14,17-18,21,32H,12H2,1-5H3,(H,30,35)(H2,28,29,34)/t14-,17?,18-,21+,24+,40-/m0/s1. The molecule has 1 saturated heterocycles. The molecule has 1 aliphatic rings. The number of nitrogens with two attached hydrogens (primary N) is 1. The summed E-state index contributed by atoms with van der Waals surface area (Å²) >= 11 is 0. The van der Waals surface area contributed by atoms with Gasteiger partial charge in [0.15, 0.2) is 17.9 Å². The second-order valence-electron chi connectivity index (χ2n) is 10.0. The van der Waals surface area contributed by atoms with Crippen LogP contribution in [-0.2, 0) is 23.4 Å². The average molecular weight is 593 g/mol. The highest BCUT2D eigenvalue weighted by atomic mass is 31.2. The van der Waals surface area contributed by atoms with Crippen molar-refractivity contribution >= 4 is 19.5 Å². The summed E-state index contributed by atoms with van der Waals surface area (Å²) in [5.41, 5.74) is -1.25. The van der Waals surface area contributed by atoms with E-state index in [1.165, 1.54) is 32.9 Å². The smallest absolute Gasteiger partial charge is 0.460 e. The van der Waals surface area contributed by atoms with Crippen molar-refractivity contribution in [3.8, 4) is 5.75 Å². The zero-order valence-corrected chi connectivity index (χ0v) is 23.3. The third-order valence-corrected chi connectivity index (χ3v) is 7.79. The number of rotatable bonds is 11. The first kappa shape index (κ1) is 31.6. The lowest BCUT2D eigenvalue weighted by molar-refractivity contribution is -0.149. The number of halogens is 3. The lowest BCUT2D eigenvalue weighted by atomic mass is 9.89. The molecule has 0 amide bonds. The largest absolute Gasteiger partial charge is 0.462 e. The molecule has 40 heavy (non-hydrogen) atoms. The summed E-state index contributed by atoms with van der Waals surface area (Å²) in [5.74, 6) is -2.73. The van der Waals surface area contributed by atoms with Gasteiger partial charge >= 0.3 is 19.4 Å². The highest BCUT2D eigenvalue weighted by Crippen LogP contribution is 2.53. The Morgan fingerprint density at radius 1 is 1.32 bits per heavy atom. The highest BCUT2D eigenvalue weighted by molar-refractivity contribution is 7.52. The van der Waals surface area contributed by atoms with Crippen LogP contribution in [0, 0.1) is 5.82 Å². The molecule has 1 fully saturated rings. The maximum Gasteiger partial charge on any atom is 0.460 e. The highest BCUT2D eigenvalue weighted by Gasteiger charge is 2.63. The van der Waals surface area contributed by atoms with Gasteiger partial charge in [0.05, 0.1) is 12.3 Å². The van der Waals surface area contributed by atoms with Crippen LogP contribution in [0.25, 0.3) is 0 Å². The molecule has 12 nitrogen and oxygen atoms in total. The molecule has 0 spiro atoms. The van der Waals surface area contributed by atoms with E-state index in [1.54, 1.807) is 32.0 Å². The van der Waals surface area contributed by atoms with Crippen molar-refractivity contribution in [2.45, 2.75) is 76.5 Å². The summed E-state index contributed by atoms with van der Waals surface area (Å²) in [5, 5.41) is 13.3. The van der Waals surface area contributed by atoms with Gasteiger partial charge in [-0.25, -0.2) is 22.5 Å². The van der Waals surface area contributed by atoms with Crippen LogP contribution in [-0.4, -0.2) is 62.9 Å². The van der Waals surface area contributed by atoms with E-state index in [9.17, 15) is 28.0 Å². The molecule has 3 rings (SSSR count). The summed E-state index contributed by atoms with van der Waals surface area (Å²) in [6.07, 6.45) is -6.36. The number of nitrogens with zero attached hydrogens (tertiary/aromatic N) is 2. The minimum absolute atomic E-state index is 0.0582. The first-order valence-corrected chi connectivity index (χ1v) is 13.7. The molecule has 0 bridgehead atoms. The van der Waals surface area contributed by atoms with Crippen molar-refractivity contribution in [2.75, 3.05) is 12.4 Å². The predicted molar refractivity (Wildman–Crippen MR) is 136 cm³/mol. The molecule has 16 heteroatoms. The summed E-state index contributed by atoms with van der Waals surface area (Å²) in [4.78, 5) is 28.0. The molecular weight excluding hydrogens is 560 g/mol. The number of aromatic nitrogens is 2. The first-order chi connectivity index (χ1) is 18.5. The number of hydrogen-bond acceptors (Lipinski definition) is 10. The van der Waals surface area contributed by atoms with E-state index in [0.717, 1.165) is 0 Å². The Kier molecular flexibility index (Phi) is 9.36. The van der Waals surface area contributed by atoms with Gasteiger partial charge in [0.25, 0.3) is 0 Å². The molecule has 2 heterocycles. The Balaban J connectivity index is 1.97. The third kappa shape index (κ3) is 6.66. The van der Waals surface area contributed by atoms with Crippen molar-refractivity contribution < 1.29 is 46.2 Å². The van der Waals surface area contributed by atoms with Gasteiger partial charge in [-0.3, -0.25) is 13.9 Å². The van der Waals surface area contributed by atoms with Crippen LogP contribution in [0.4, 0.5) is 19.0 Å². The maximum absolute atomic E-state index is 15.9. The lowest BCUT2D eigenvalue weighted by Crippen LogP contribution is -2.52.